The topological polar surface area (TPSA) is 86.7 Å². The van der Waals surface area contributed by atoms with Gasteiger partial charge in [-0.3, -0.25) is 0 Å². The van der Waals surface area contributed by atoms with E-state index in [1.54, 1.807) is 25.6 Å². The number of carboxylic acid groups (broad SMARTS) is 1. The number of nitrogens with zero attached hydrogens (tertiary/aromatic N) is 2. The Kier molecular flexibility index (Phi) is 5.32. The molecule has 2 aromatic carbocycles. The Labute approximate surface area is 202 Å². The second-order valence-corrected chi connectivity index (χ2v) is 9.19. The lowest BCUT2D eigenvalue weighted by molar-refractivity contribution is 0.144. The van der Waals surface area contributed by atoms with E-state index in [0.29, 0.717) is 24.1 Å². The Bertz CT molecular complexity index is 1440. The summed E-state index contributed by atoms with van der Waals surface area (Å²) in [6, 6.07) is 11.8. The minimum atomic E-state index is -1.32. The molecule has 7 nitrogen and oxygen atoms in total. The van der Waals surface area contributed by atoms with Gasteiger partial charge in [-0.2, -0.15) is 0 Å². The quantitative estimate of drug-likeness (QED) is 0.256. The van der Waals surface area contributed by atoms with Crippen molar-refractivity contribution >= 4 is 28.7 Å². The van der Waals surface area contributed by atoms with Crippen LogP contribution in [0.4, 0.5) is 4.79 Å². The third-order valence-electron chi connectivity index (χ3n) is 7.17. The van der Waals surface area contributed by atoms with E-state index in [1.165, 1.54) is 24.8 Å². The van der Waals surface area contributed by atoms with E-state index in [-0.39, 0.29) is 0 Å². The Balaban J connectivity index is 1.66. The molecule has 0 saturated heterocycles. The van der Waals surface area contributed by atoms with Crippen LogP contribution >= 0.6 is 0 Å². The van der Waals surface area contributed by atoms with E-state index < -0.39 is 6.16 Å². The zero-order chi connectivity index (χ0) is 23.9. The lowest BCUT2D eigenvalue weighted by atomic mass is 9.81. The molecule has 0 unspecified atom stereocenters. The van der Waals surface area contributed by atoms with Crippen LogP contribution in [-0.2, 0) is 6.54 Å². The molecule has 7 heteroatoms. The van der Waals surface area contributed by atoms with Gasteiger partial charge in [0.05, 0.1) is 31.1 Å². The molecule has 2 aliphatic rings. The van der Waals surface area contributed by atoms with Crippen LogP contribution < -0.4 is 9.47 Å². The van der Waals surface area contributed by atoms with E-state index in [9.17, 15) is 9.90 Å². The van der Waals surface area contributed by atoms with Gasteiger partial charge in [0.25, 0.3) is 0 Å². The van der Waals surface area contributed by atoms with Gasteiger partial charge < -0.3 is 23.6 Å². The third-order valence-corrected chi connectivity index (χ3v) is 7.17. The Morgan fingerprint density at radius 2 is 1.94 bits per heavy atom. The highest BCUT2D eigenvalue weighted by Gasteiger charge is 2.30. The molecule has 0 amide bonds. The maximum Gasteiger partial charge on any atom is 0.511 e. The van der Waals surface area contributed by atoms with Crippen molar-refractivity contribution in [2.45, 2.75) is 44.6 Å². The van der Waals surface area contributed by atoms with E-state index in [2.05, 4.69) is 27.8 Å². The maximum atomic E-state index is 11.3. The molecule has 35 heavy (non-hydrogen) atoms. The smallest absolute Gasteiger partial charge is 0.497 e. The van der Waals surface area contributed by atoms with E-state index in [4.69, 9.17) is 13.9 Å². The summed E-state index contributed by atoms with van der Waals surface area (Å²) in [6.45, 7) is 0.534. The molecule has 0 spiro atoms. The first-order chi connectivity index (χ1) is 17.1. The summed E-state index contributed by atoms with van der Waals surface area (Å²) >= 11 is 0. The number of oxazole rings is 1. The lowest BCUT2D eigenvalue weighted by Gasteiger charge is -2.24. The highest BCUT2D eigenvalue weighted by Crippen LogP contribution is 2.48. The molecule has 0 radical (unpaired) electrons. The van der Waals surface area contributed by atoms with Crippen molar-refractivity contribution in [1.82, 2.24) is 9.55 Å². The average Bonchev–Trinajstić information content (AvgIpc) is 3.47. The predicted molar refractivity (Wildman–Crippen MR) is 133 cm³/mol. The Morgan fingerprint density at radius 1 is 1.11 bits per heavy atom. The van der Waals surface area contributed by atoms with Gasteiger partial charge in [-0.25, -0.2) is 9.78 Å². The zero-order valence-electron chi connectivity index (χ0n) is 19.5. The summed E-state index contributed by atoms with van der Waals surface area (Å²) < 4.78 is 18.6. The van der Waals surface area contributed by atoms with Crippen LogP contribution in [0.5, 0.6) is 11.5 Å². The van der Waals surface area contributed by atoms with Crippen LogP contribution in [-0.4, -0.2) is 27.9 Å². The molecule has 1 saturated carbocycles. The van der Waals surface area contributed by atoms with Gasteiger partial charge in [0.15, 0.2) is 0 Å². The molecule has 1 N–H and O–H groups in total. The summed E-state index contributed by atoms with van der Waals surface area (Å²) in [5.74, 6) is 2.09. The number of allylic oxidation sites excluding steroid dienone is 1. The van der Waals surface area contributed by atoms with Gasteiger partial charge in [-0.15, -0.1) is 0 Å². The fourth-order valence-electron chi connectivity index (χ4n) is 5.70. The van der Waals surface area contributed by atoms with Crippen molar-refractivity contribution < 1.29 is 23.8 Å². The van der Waals surface area contributed by atoms with Crippen LogP contribution in [0.3, 0.4) is 0 Å². The van der Waals surface area contributed by atoms with Crippen LogP contribution in [0.1, 0.15) is 55.0 Å². The summed E-state index contributed by atoms with van der Waals surface area (Å²) in [7, 11) is 1.67. The third kappa shape index (κ3) is 3.77. The molecule has 1 fully saturated rings. The second kappa shape index (κ2) is 8.65. The molecule has 1 aliphatic carbocycles. The molecule has 4 aromatic rings. The van der Waals surface area contributed by atoms with E-state index in [0.717, 1.165) is 51.9 Å². The molecule has 2 aromatic heterocycles. The predicted octanol–water partition coefficient (Wildman–Crippen LogP) is 6.96. The van der Waals surface area contributed by atoms with E-state index in [1.807, 2.05) is 18.2 Å². The monoisotopic (exact) mass is 470 g/mol. The summed E-state index contributed by atoms with van der Waals surface area (Å²) in [6.07, 6.45) is 10.0. The van der Waals surface area contributed by atoms with Gasteiger partial charge in [-0.1, -0.05) is 19.3 Å². The first-order valence-electron chi connectivity index (χ1n) is 12.0. The van der Waals surface area contributed by atoms with Crippen molar-refractivity contribution in [1.29, 1.82) is 0 Å². The van der Waals surface area contributed by atoms with Gasteiger partial charge in [0.2, 0.25) is 5.89 Å². The van der Waals surface area contributed by atoms with Crippen LogP contribution in [0.15, 0.2) is 53.3 Å². The van der Waals surface area contributed by atoms with Crippen molar-refractivity contribution in [3.8, 4) is 22.8 Å². The number of methoxy groups -OCH3 is 1. The van der Waals surface area contributed by atoms with E-state index >= 15 is 0 Å². The minimum absolute atomic E-state index is 0.307. The largest absolute Gasteiger partial charge is 0.511 e. The number of rotatable bonds is 4. The van der Waals surface area contributed by atoms with Crippen molar-refractivity contribution in [2.75, 3.05) is 7.11 Å². The highest BCUT2D eigenvalue weighted by molar-refractivity contribution is 5.98. The minimum Gasteiger partial charge on any atom is -0.497 e. The van der Waals surface area contributed by atoms with Gasteiger partial charge >= 0.3 is 6.16 Å². The lowest BCUT2D eigenvalue weighted by Crippen LogP contribution is -2.07. The number of benzene rings is 2. The molecule has 1 aliphatic heterocycles. The normalized spacial score (nSPS) is 15.7. The van der Waals surface area contributed by atoms with Crippen LogP contribution in [0.2, 0.25) is 0 Å². The van der Waals surface area contributed by atoms with Gasteiger partial charge in [0.1, 0.15) is 17.8 Å². The van der Waals surface area contributed by atoms with Gasteiger partial charge in [-0.05, 0) is 66.3 Å². The first-order valence-corrected chi connectivity index (χ1v) is 12.0. The average molecular weight is 471 g/mol. The fraction of sp³-hybridized carbons (Fsp3) is 0.286. The number of hydrogen-bond acceptors (Lipinski definition) is 5. The second-order valence-electron chi connectivity index (χ2n) is 9.19. The maximum absolute atomic E-state index is 11.3. The number of hydrogen-bond donors (Lipinski definition) is 1. The van der Waals surface area contributed by atoms with Gasteiger partial charge in [0, 0.05) is 22.6 Å². The van der Waals surface area contributed by atoms with Crippen molar-refractivity contribution in [3.63, 3.8) is 0 Å². The number of ether oxygens (including phenoxy) is 2. The molecular formula is C28H26N2O5. The number of aromatic nitrogens is 2. The molecular weight excluding hydrogens is 444 g/mol. The first kappa shape index (κ1) is 21.5. The molecule has 6 rings (SSSR count). The summed E-state index contributed by atoms with van der Waals surface area (Å²) in [5.41, 5.74) is 6.52. The van der Waals surface area contributed by atoms with Crippen molar-refractivity contribution in [2.24, 2.45) is 0 Å². The number of carbonyl (C=O) groups is 1. The Morgan fingerprint density at radius 3 is 2.69 bits per heavy atom. The van der Waals surface area contributed by atoms with Crippen molar-refractivity contribution in [3.05, 3.63) is 65.9 Å². The van der Waals surface area contributed by atoms with Crippen LogP contribution in [0, 0.1) is 0 Å². The number of fused-ring (bicyclic) bond motifs is 5. The summed E-state index contributed by atoms with van der Waals surface area (Å²) in [4.78, 5) is 15.7. The highest BCUT2D eigenvalue weighted by atomic mass is 16.7. The molecule has 0 bridgehead atoms. The standard InChI is InChI=1S/C28H26N2O5/c1-33-20-7-9-22-18(14-20)13-19(27-29-11-12-34-27)16-30-24-15-21(35-28(31)32)8-10-23(24)25(26(22)30)17-5-3-2-4-6-17/h7-15,17H,2-6,16H2,1H3,(H,31,32). The molecule has 0 atom stereocenters. The fourth-order valence-corrected chi connectivity index (χ4v) is 5.70. The van der Waals surface area contributed by atoms with Crippen LogP contribution in [0.25, 0.3) is 33.8 Å². The Hall–Kier alpha value is -4.00. The zero-order valence-corrected chi connectivity index (χ0v) is 19.5. The SMILES string of the molecule is COc1ccc2c(c1)C=C(c1ncco1)Cn1c-2c(C2CCCCC2)c2ccc(OC(=O)O)cc21. The molecule has 178 valence electrons. The molecule has 3 heterocycles. The summed E-state index contributed by atoms with van der Waals surface area (Å²) in [5, 5.41) is 10.3.